The van der Waals surface area contributed by atoms with Gasteiger partial charge in [0, 0.05) is 21.1 Å². The summed E-state index contributed by atoms with van der Waals surface area (Å²) in [4.78, 5) is 14.2. The fourth-order valence-corrected chi connectivity index (χ4v) is 3.02. The van der Waals surface area contributed by atoms with Crippen molar-refractivity contribution in [2.24, 2.45) is 0 Å². The summed E-state index contributed by atoms with van der Waals surface area (Å²) in [6.45, 7) is 2.09. The number of nitrogens with zero attached hydrogens (tertiary/aromatic N) is 1. The van der Waals surface area contributed by atoms with Crippen molar-refractivity contribution in [3.63, 3.8) is 0 Å². The van der Waals surface area contributed by atoms with Crippen LogP contribution in [-0.2, 0) is 0 Å². The normalized spacial score (nSPS) is 12.3. The van der Waals surface area contributed by atoms with Crippen molar-refractivity contribution in [3.8, 4) is 0 Å². The van der Waals surface area contributed by atoms with E-state index in [0.29, 0.717) is 0 Å². The Morgan fingerprint density at radius 1 is 1.56 bits per heavy atom. The number of benzene rings is 1. The molecule has 0 fully saturated rings. The van der Waals surface area contributed by atoms with Gasteiger partial charge in [-0.2, -0.15) is 11.8 Å². The van der Waals surface area contributed by atoms with Crippen LogP contribution in [0.1, 0.15) is 23.7 Å². The predicted molar refractivity (Wildman–Crippen MR) is 91.4 cm³/mol. The van der Waals surface area contributed by atoms with Crippen molar-refractivity contribution in [2.45, 2.75) is 19.4 Å². The smallest absolute Gasteiger partial charge is 0.255 e. The van der Waals surface area contributed by atoms with Crippen LogP contribution in [0, 0.1) is 3.57 Å². The van der Waals surface area contributed by atoms with Crippen molar-refractivity contribution < 1.29 is 4.79 Å². The summed E-state index contributed by atoms with van der Waals surface area (Å²) in [6.07, 6.45) is 3.11. The molecule has 0 radical (unpaired) electrons. The van der Waals surface area contributed by atoms with E-state index in [0.717, 1.165) is 25.8 Å². The monoisotopic (exact) mass is 441 g/mol. The number of carbonyl (C=O) groups excluding carboxylic acids is 1. The summed E-state index contributed by atoms with van der Waals surface area (Å²) in [5, 5.41) is 0. The fourth-order valence-electron chi connectivity index (χ4n) is 1.53. The van der Waals surface area contributed by atoms with Crippen LogP contribution in [0.5, 0.6) is 0 Å². The zero-order valence-corrected chi connectivity index (χ0v) is 15.3. The minimum absolute atomic E-state index is 0.0778. The van der Waals surface area contributed by atoms with Gasteiger partial charge >= 0.3 is 0 Å². The zero-order valence-electron chi connectivity index (χ0n) is 10.7. The Balaban J connectivity index is 2.82. The molecule has 1 amide bonds. The van der Waals surface area contributed by atoms with E-state index in [9.17, 15) is 4.79 Å². The summed E-state index contributed by atoms with van der Waals surface area (Å²) in [6, 6.07) is 6.09. The van der Waals surface area contributed by atoms with Crippen LogP contribution < -0.4 is 0 Å². The highest BCUT2D eigenvalue weighted by atomic mass is 127. The Morgan fingerprint density at radius 3 is 2.83 bits per heavy atom. The second-order valence-corrected chi connectivity index (χ2v) is 7.26. The van der Waals surface area contributed by atoms with Crippen molar-refractivity contribution in [1.29, 1.82) is 0 Å². The molecule has 2 nitrogen and oxygen atoms in total. The second kappa shape index (κ2) is 7.75. The molecule has 0 aliphatic rings. The first kappa shape index (κ1) is 16.3. The van der Waals surface area contributed by atoms with E-state index in [1.165, 1.54) is 0 Å². The van der Waals surface area contributed by atoms with Gasteiger partial charge in [-0.25, -0.2) is 0 Å². The van der Waals surface area contributed by atoms with Gasteiger partial charge in [-0.05, 0) is 82.1 Å². The molecule has 1 rings (SSSR count). The standard InChI is InChI=1S/C13H17BrINOS/c1-9(6-7-18-3)16(2)13(17)11-8-10(15)4-5-12(11)14/h4-5,8-9H,6-7H2,1-3H3. The lowest BCUT2D eigenvalue weighted by Gasteiger charge is -2.25. The SMILES string of the molecule is CSCCC(C)N(C)C(=O)c1cc(I)ccc1Br. The summed E-state index contributed by atoms with van der Waals surface area (Å²) in [5.74, 6) is 1.15. The first-order chi connectivity index (χ1) is 8.47. The molecule has 0 heterocycles. The number of thioether (sulfide) groups is 1. The molecular weight excluding hydrogens is 425 g/mol. The molecule has 0 saturated carbocycles. The molecule has 100 valence electrons. The molecule has 0 N–H and O–H groups in total. The first-order valence-corrected chi connectivity index (χ1v) is 8.95. The minimum atomic E-state index is 0.0778. The van der Waals surface area contributed by atoms with Crippen molar-refractivity contribution in [1.82, 2.24) is 4.90 Å². The van der Waals surface area contributed by atoms with Crippen LogP contribution in [0.25, 0.3) is 0 Å². The van der Waals surface area contributed by atoms with Gasteiger partial charge < -0.3 is 4.90 Å². The third kappa shape index (κ3) is 4.42. The lowest BCUT2D eigenvalue weighted by Crippen LogP contribution is -2.35. The third-order valence-electron chi connectivity index (χ3n) is 2.88. The van der Waals surface area contributed by atoms with E-state index in [-0.39, 0.29) is 11.9 Å². The van der Waals surface area contributed by atoms with Gasteiger partial charge in [-0.1, -0.05) is 0 Å². The van der Waals surface area contributed by atoms with Crippen LogP contribution in [0.3, 0.4) is 0 Å². The number of hydrogen-bond donors (Lipinski definition) is 0. The van der Waals surface area contributed by atoms with Gasteiger partial charge in [0.05, 0.1) is 5.56 Å². The second-order valence-electron chi connectivity index (χ2n) is 4.17. The molecule has 0 spiro atoms. The summed E-state index contributed by atoms with van der Waals surface area (Å²) in [5.41, 5.74) is 0.736. The van der Waals surface area contributed by atoms with Gasteiger partial charge in [-0.15, -0.1) is 0 Å². The Hall–Kier alpha value is 0.250. The average molecular weight is 442 g/mol. The molecule has 0 aromatic heterocycles. The van der Waals surface area contributed by atoms with E-state index >= 15 is 0 Å². The Labute approximate surface area is 135 Å². The topological polar surface area (TPSA) is 20.3 Å². The highest BCUT2D eigenvalue weighted by molar-refractivity contribution is 14.1. The van der Waals surface area contributed by atoms with E-state index < -0.39 is 0 Å². The molecule has 0 saturated heterocycles. The van der Waals surface area contributed by atoms with Gasteiger partial charge in [0.15, 0.2) is 0 Å². The first-order valence-electron chi connectivity index (χ1n) is 5.68. The molecule has 1 unspecified atom stereocenters. The van der Waals surface area contributed by atoms with Crippen LogP contribution in [-0.4, -0.2) is 35.9 Å². The fraction of sp³-hybridized carbons (Fsp3) is 0.462. The minimum Gasteiger partial charge on any atom is -0.339 e. The highest BCUT2D eigenvalue weighted by Gasteiger charge is 2.19. The maximum Gasteiger partial charge on any atom is 0.255 e. The molecule has 0 aliphatic carbocycles. The number of rotatable bonds is 5. The molecule has 18 heavy (non-hydrogen) atoms. The zero-order chi connectivity index (χ0) is 13.7. The quantitative estimate of drug-likeness (QED) is 0.636. The average Bonchev–Trinajstić information content (AvgIpc) is 2.37. The lowest BCUT2D eigenvalue weighted by molar-refractivity contribution is 0.0740. The summed E-state index contributed by atoms with van der Waals surface area (Å²) >= 11 is 7.48. The molecule has 1 aromatic carbocycles. The van der Waals surface area contributed by atoms with Crippen LogP contribution in [0.4, 0.5) is 0 Å². The molecule has 5 heteroatoms. The van der Waals surface area contributed by atoms with Gasteiger partial charge in [0.2, 0.25) is 0 Å². The summed E-state index contributed by atoms with van der Waals surface area (Å²) < 4.78 is 1.93. The Bertz CT molecular complexity index is 427. The van der Waals surface area contributed by atoms with Gasteiger partial charge in [0.1, 0.15) is 0 Å². The number of halogens is 2. The summed E-state index contributed by atoms with van der Waals surface area (Å²) in [7, 11) is 1.87. The molecular formula is C13H17BrINOS. The van der Waals surface area contributed by atoms with Crippen LogP contribution >= 0.6 is 50.3 Å². The number of hydrogen-bond acceptors (Lipinski definition) is 2. The molecule has 1 atom stereocenters. The van der Waals surface area contributed by atoms with E-state index in [2.05, 4.69) is 51.7 Å². The Morgan fingerprint density at radius 2 is 2.22 bits per heavy atom. The maximum atomic E-state index is 12.4. The predicted octanol–water partition coefficient (Wildman–Crippen LogP) is 4.27. The molecule has 0 bridgehead atoms. The van der Waals surface area contributed by atoms with Crippen LogP contribution in [0.15, 0.2) is 22.7 Å². The molecule has 1 aromatic rings. The van der Waals surface area contributed by atoms with Gasteiger partial charge in [-0.3, -0.25) is 4.79 Å². The molecule has 0 aliphatic heterocycles. The maximum absolute atomic E-state index is 12.4. The van der Waals surface area contributed by atoms with Crippen molar-refractivity contribution in [2.75, 3.05) is 19.1 Å². The number of amides is 1. The van der Waals surface area contributed by atoms with E-state index in [4.69, 9.17) is 0 Å². The van der Waals surface area contributed by atoms with Crippen LogP contribution in [0.2, 0.25) is 0 Å². The van der Waals surface area contributed by atoms with Gasteiger partial charge in [0.25, 0.3) is 5.91 Å². The van der Waals surface area contributed by atoms with Crippen molar-refractivity contribution >= 4 is 56.2 Å². The van der Waals surface area contributed by atoms with E-state index in [1.807, 2.05) is 41.9 Å². The third-order valence-corrected chi connectivity index (χ3v) is 4.89. The largest absolute Gasteiger partial charge is 0.339 e. The lowest BCUT2D eigenvalue weighted by atomic mass is 10.1. The highest BCUT2D eigenvalue weighted by Crippen LogP contribution is 2.22. The van der Waals surface area contributed by atoms with E-state index in [1.54, 1.807) is 0 Å². The number of carbonyl (C=O) groups is 1. The van der Waals surface area contributed by atoms with Crippen molar-refractivity contribution in [3.05, 3.63) is 31.8 Å². The Kier molecular flexibility index (Phi) is 7.02.